The second kappa shape index (κ2) is 9.74. The minimum atomic E-state index is -0.236. The fraction of sp³-hybridized carbons (Fsp3) is 0.455. The van der Waals surface area contributed by atoms with E-state index in [0.717, 1.165) is 30.5 Å². The van der Waals surface area contributed by atoms with Gasteiger partial charge in [0.15, 0.2) is 0 Å². The van der Waals surface area contributed by atoms with Gasteiger partial charge in [-0.1, -0.05) is 18.2 Å². The lowest BCUT2D eigenvalue weighted by Crippen LogP contribution is -2.51. The van der Waals surface area contributed by atoms with Gasteiger partial charge in [0.05, 0.1) is 19.8 Å². The maximum absolute atomic E-state index is 12.5. The first-order chi connectivity index (χ1) is 15.1. The first-order valence-electron chi connectivity index (χ1n) is 10.6. The van der Waals surface area contributed by atoms with E-state index in [2.05, 4.69) is 25.1 Å². The number of ether oxygens (including phenoxy) is 1. The van der Waals surface area contributed by atoms with Gasteiger partial charge < -0.3 is 24.8 Å². The number of morpholine rings is 1. The maximum atomic E-state index is 12.5. The zero-order valence-electron chi connectivity index (χ0n) is 17.8. The van der Waals surface area contributed by atoms with Crippen molar-refractivity contribution in [2.24, 2.45) is 0 Å². The molecule has 164 valence electrons. The van der Waals surface area contributed by atoms with Crippen LogP contribution in [-0.4, -0.2) is 85.7 Å². The molecule has 1 aromatic carbocycles. The first kappa shape index (κ1) is 21.0. The van der Waals surface area contributed by atoms with Gasteiger partial charge in [-0.05, 0) is 19.1 Å². The van der Waals surface area contributed by atoms with Crippen LogP contribution in [0.1, 0.15) is 16.2 Å². The van der Waals surface area contributed by atoms with Crippen LogP contribution in [0.2, 0.25) is 0 Å². The van der Waals surface area contributed by atoms with Crippen molar-refractivity contribution in [2.75, 3.05) is 68.8 Å². The molecule has 0 unspecified atom stereocenters. The van der Waals surface area contributed by atoms with Crippen LogP contribution < -0.4 is 15.1 Å². The second-order valence-electron chi connectivity index (χ2n) is 7.65. The quantitative estimate of drug-likeness (QED) is 0.756. The van der Waals surface area contributed by atoms with Crippen LogP contribution in [0.15, 0.2) is 36.4 Å². The molecule has 0 aliphatic carbocycles. The summed E-state index contributed by atoms with van der Waals surface area (Å²) < 4.78 is 5.43. The Balaban J connectivity index is 1.30. The first-order valence-corrected chi connectivity index (χ1v) is 10.6. The average molecular weight is 425 g/mol. The Morgan fingerprint density at radius 2 is 1.55 bits per heavy atom. The summed E-state index contributed by atoms with van der Waals surface area (Å²) >= 11 is 0. The molecule has 0 atom stereocenters. The number of hydrogen-bond donors (Lipinski definition) is 1. The molecule has 4 rings (SSSR count). The van der Waals surface area contributed by atoms with E-state index in [-0.39, 0.29) is 18.4 Å². The molecule has 2 amide bonds. The van der Waals surface area contributed by atoms with Crippen molar-refractivity contribution in [3.8, 4) is 0 Å². The molecule has 2 saturated heterocycles. The summed E-state index contributed by atoms with van der Waals surface area (Å²) in [7, 11) is 0. The number of rotatable bonds is 5. The van der Waals surface area contributed by atoms with Crippen LogP contribution in [-0.2, 0) is 9.53 Å². The van der Waals surface area contributed by atoms with Crippen molar-refractivity contribution < 1.29 is 14.3 Å². The van der Waals surface area contributed by atoms with Crippen molar-refractivity contribution in [1.82, 2.24) is 20.2 Å². The smallest absolute Gasteiger partial charge is 0.251 e. The Kier molecular flexibility index (Phi) is 6.61. The Hall–Kier alpha value is -3.20. The van der Waals surface area contributed by atoms with Crippen molar-refractivity contribution in [2.45, 2.75) is 6.92 Å². The highest BCUT2D eigenvalue weighted by Crippen LogP contribution is 2.21. The predicted octanol–water partition coefficient (Wildman–Crippen LogP) is 0.700. The van der Waals surface area contributed by atoms with Gasteiger partial charge in [-0.2, -0.15) is 0 Å². The number of amides is 2. The zero-order valence-corrected chi connectivity index (χ0v) is 17.8. The SMILES string of the molecule is Cc1nc(N2CCOCC2)cc(N2CCN(C(=O)CNC(=O)c3ccccc3)CC2)n1. The van der Waals surface area contributed by atoms with Gasteiger partial charge in [-0.15, -0.1) is 0 Å². The molecular formula is C22H28N6O3. The Morgan fingerprint density at radius 3 is 2.19 bits per heavy atom. The van der Waals surface area contributed by atoms with Gasteiger partial charge in [0.25, 0.3) is 5.91 Å². The third-order valence-corrected chi connectivity index (χ3v) is 5.54. The largest absolute Gasteiger partial charge is 0.378 e. The van der Waals surface area contributed by atoms with Crippen molar-refractivity contribution in [3.63, 3.8) is 0 Å². The lowest BCUT2D eigenvalue weighted by molar-refractivity contribution is -0.130. The summed E-state index contributed by atoms with van der Waals surface area (Å²) in [6.07, 6.45) is 0. The summed E-state index contributed by atoms with van der Waals surface area (Å²) in [5, 5.41) is 2.71. The van der Waals surface area contributed by atoms with Crippen LogP contribution in [0.5, 0.6) is 0 Å². The molecule has 0 radical (unpaired) electrons. The highest BCUT2D eigenvalue weighted by Gasteiger charge is 2.23. The van der Waals surface area contributed by atoms with E-state index in [4.69, 9.17) is 4.74 Å². The van der Waals surface area contributed by atoms with Gasteiger partial charge >= 0.3 is 0 Å². The van der Waals surface area contributed by atoms with Gasteiger partial charge in [-0.3, -0.25) is 9.59 Å². The molecule has 31 heavy (non-hydrogen) atoms. The van der Waals surface area contributed by atoms with Gasteiger partial charge in [0.2, 0.25) is 5.91 Å². The minimum Gasteiger partial charge on any atom is -0.378 e. The Labute approximate surface area is 182 Å². The number of hydrogen-bond acceptors (Lipinski definition) is 7. The maximum Gasteiger partial charge on any atom is 0.251 e. The number of aryl methyl sites for hydroxylation is 1. The topological polar surface area (TPSA) is 90.9 Å². The van der Waals surface area contributed by atoms with E-state index in [1.165, 1.54) is 0 Å². The standard InChI is InChI=1S/C22H28N6O3/c1-17-24-19(15-20(25-17)27-11-13-31-14-12-27)26-7-9-28(10-8-26)21(29)16-23-22(30)18-5-3-2-4-6-18/h2-6,15H,7-14,16H2,1H3,(H,23,30). The molecule has 2 aromatic rings. The van der Waals surface area contributed by atoms with E-state index >= 15 is 0 Å². The van der Waals surface area contributed by atoms with Crippen LogP contribution in [0, 0.1) is 6.92 Å². The van der Waals surface area contributed by atoms with Crippen molar-refractivity contribution in [3.05, 3.63) is 47.8 Å². The number of piperazine rings is 1. The average Bonchev–Trinajstić information content (AvgIpc) is 2.83. The molecule has 0 saturated carbocycles. The second-order valence-corrected chi connectivity index (χ2v) is 7.65. The molecule has 0 bridgehead atoms. The van der Waals surface area contributed by atoms with E-state index in [1.54, 1.807) is 29.2 Å². The number of nitrogens with zero attached hydrogens (tertiary/aromatic N) is 5. The number of carbonyl (C=O) groups excluding carboxylic acids is 2. The van der Waals surface area contributed by atoms with Crippen LogP contribution in [0.25, 0.3) is 0 Å². The molecular weight excluding hydrogens is 396 g/mol. The third-order valence-electron chi connectivity index (χ3n) is 5.54. The van der Waals surface area contributed by atoms with E-state index in [1.807, 2.05) is 19.1 Å². The summed E-state index contributed by atoms with van der Waals surface area (Å²) in [5.41, 5.74) is 0.551. The molecule has 2 aliphatic heterocycles. The fourth-order valence-electron chi connectivity index (χ4n) is 3.80. The molecule has 2 fully saturated rings. The minimum absolute atomic E-state index is 0.00151. The molecule has 9 heteroatoms. The number of aromatic nitrogens is 2. The third kappa shape index (κ3) is 5.29. The summed E-state index contributed by atoms with van der Waals surface area (Å²) in [6.45, 7) is 7.55. The van der Waals surface area contributed by atoms with E-state index in [0.29, 0.717) is 45.0 Å². The van der Waals surface area contributed by atoms with Gasteiger partial charge in [-0.25, -0.2) is 9.97 Å². The highest BCUT2D eigenvalue weighted by atomic mass is 16.5. The lowest BCUT2D eigenvalue weighted by atomic mass is 10.2. The number of benzene rings is 1. The molecule has 1 N–H and O–H groups in total. The molecule has 1 aromatic heterocycles. The summed E-state index contributed by atoms with van der Waals surface area (Å²) in [6, 6.07) is 10.9. The molecule has 9 nitrogen and oxygen atoms in total. The van der Waals surface area contributed by atoms with Gasteiger partial charge in [0.1, 0.15) is 17.5 Å². The molecule has 2 aliphatic rings. The Bertz CT molecular complexity index is 909. The number of anilines is 2. The molecule has 3 heterocycles. The normalized spacial score (nSPS) is 16.9. The zero-order chi connectivity index (χ0) is 21.6. The van der Waals surface area contributed by atoms with Crippen molar-refractivity contribution >= 4 is 23.5 Å². The number of nitrogens with one attached hydrogen (secondary N) is 1. The van der Waals surface area contributed by atoms with Crippen molar-refractivity contribution in [1.29, 1.82) is 0 Å². The summed E-state index contributed by atoms with van der Waals surface area (Å²) in [4.78, 5) is 40.1. The highest BCUT2D eigenvalue weighted by molar-refractivity contribution is 5.96. The predicted molar refractivity (Wildman–Crippen MR) is 117 cm³/mol. The molecule has 0 spiro atoms. The van der Waals surface area contributed by atoms with E-state index in [9.17, 15) is 9.59 Å². The van der Waals surface area contributed by atoms with Crippen LogP contribution in [0.3, 0.4) is 0 Å². The van der Waals surface area contributed by atoms with Crippen LogP contribution >= 0.6 is 0 Å². The fourth-order valence-corrected chi connectivity index (χ4v) is 3.80. The monoisotopic (exact) mass is 424 g/mol. The number of carbonyl (C=O) groups is 2. The Morgan fingerprint density at radius 1 is 0.935 bits per heavy atom. The summed E-state index contributed by atoms with van der Waals surface area (Å²) in [5.74, 6) is 2.24. The van der Waals surface area contributed by atoms with E-state index < -0.39 is 0 Å². The lowest BCUT2D eigenvalue weighted by Gasteiger charge is -2.36. The van der Waals surface area contributed by atoms with Crippen LogP contribution in [0.4, 0.5) is 11.6 Å². The van der Waals surface area contributed by atoms with Gasteiger partial charge in [0, 0.05) is 50.9 Å².